The molecule has 4 aliphatic rings. The van der Waals surface area contributed by atoms with E-state index < -0.39 is 43.6 Å². The molecule has 2 aliphatic heterocycles. The Balaban J connectivity index is 0.831. The number of amides is 1. The Morgan fingerprint density at radius 1 is 0.932 bits per heavy atom. The molecule has 1 amide bonds. The summed E-state index contributed by atoms with van der Waals surface area (Å²) in [4.78, 5) is 40.4. The summed E-state index contributed by atoms with van der Waals surface area (Å²) in [6.45, 7) is 10.3. The number of aromatic nitrogens is 2. The number of nitro benzene ring substituents is 1. The van der Waals surface area contributed by atoms with Crippen molar-refractivity contribution in [2.45, 2.75) is 100 Å². The van der Waals surface area contributed by atoms with E-state index in [1.807, 2.05) is 24.3 Å². The van der Waals surface area contributed by atoms with Gasteiger partial charge in [-0.2, -0.15) is 0 Å². The zero-order valence-corrected chi connectivity index (χ0v) is 43.0. The maximum atomic E-state index is 14.1. The van der Waals surface area contributed by atoms with E-state index in [0.717, 1.165) is 87.8 Å². The first-order valence-corrected chi connectivity index (χ1v) is 27.3. The maximum absolute atomic E-state index is 14.1. The van der Waals surface area contributed by atoms with Crippen molar-refractivity contribution in [3.05, 3.63) is 142 Å². The van der Waals surface area contributed by atoms with Crippen LogP contribution < -0.4 is 24.4 Å². The molecular formula is C56H66N8O9S. The van der Waals surface area contributed by atoms with Gasteiger partial charge < -0.3 is 34.9 Å². The van der Waals surface area contributed by atoms with Gasteiger partial charge in [0.2, 0.25) is 0 Å². The number of nitrogens with zero attached hydrogens (tertiary/aromatic N) is 5. The second-order valence-electron chi connectivity index (χ2n) is 21.1. The highest BCUT2D eigenvalue weighted by Crippen LogP contribution is 2.53. The first kappa shape index (κ1) is 50.9. The fourth-order valence-electron chi connectivity index (χ4n) is 11.8. The summed E-state index contributed by atoms with van der Waals surface area (Å²) in [5.41, 5.74) is 5.38. The number of anilines is 2. The van der Waals surface area contributed by atoms with Gasteiger partial charge in [0.15, 0.2) is 0 Å². The Bertz CT molecular complexity index is 3100. The van der Waals surface area contributed by atoms with Crippen molar-refractivity contribution in [2.75, 3.05) is 56.6 Å². The van der Waals surface area contributed by atoms with Crippen molar-refractivity contribution < 1.29 is 37.8 Å². The molecule has 4 fully saturated rings. The van der Waals surface area contributed by atoms with Gasteiger partial charge >= 0.3 is 0 Å². The summed E-state index contributed by atoms with van der Waals surface area (Å²) in [5.74, 6) is 0.721. The second kappa shape index (κ2) is 21.3. The minimum atomic E-state index is -4.62. The Hall–Kier alpha value is -6.57. The normalized spacial score (nSPS) is 21.6. The number of nitrogens with one attached hydrogen (secondary N) is 3. The van der Waals surface area contributed by atoms with Crippen LogP contribution in [0.25, 0.3) is 11.0 Å². The first-order chi connectivity index (χ1) is 35.6. The maximum Gasteiger partial charge on any atom is 0.293 e. The third-order valence-corrected chi connectivity index (χ3v) is 17.4. The molecule has 74 heavy (non-hydrogen) atoms. The smallest absolute Gasteiger partial charge is 0.293 e. The largest absolute Gasteiger partial charge is 0.497 e. The summed E-state index contributed by atoms with van der Waals surface area (Å²) in [5, 5.41) is 36.0. The Labute approximate surface area is 432 Å². The van der Waals surface area contributed by atoms with Gasteiger partial charge in [-0.1, -0.05) is 50.2 Å². The monoisotopic (exact) mass is 1030 g/mol. The quantitative estimate of drug-likeness (QED) is 0.0453. The molecule has 1 spiro atoms. The predicted molar refractivity (Wildman–Crippen MR) is 283 cm³/mol. The van der Waals surface area contributed by atoms with Crippen molar-refractivity contribution in [3.63, 3.8) is 0 Å². The summed E-state index contributed by atoms with van der Waals surface area (Å²) in [7, 11) is -2.92. The lowest BCUT2D eigenvalue weighted by Crippen LogP contribution is -2.60. The van der Waals surface area contributed by atoms with Crippen LogP contribution in [0.2, 0.25) is 0 Å². The Morgan fingerprint density at radius 2 is 1.72 bits per heavy atom. The van der Waals surface area contributed by atoms with Crippen LogP contribution in [-0.2, 0) is 16.6 Å². The number of nitro groups is 1. The van der Waals surface area contributed by atoms with E-state index in [2.05, 4.69) is 85.0 Å². The molecule has 17 nitrogen and oxygen atoms in total. The highest BCUT2D eigenvalue weighted by Gasteiger charge is 2.50. The standard InChI is InChI=1S/C56H66N8O9S/c1-36(2)45-6-4-5-7-46(45)50-35-61(34-37-8-12-42(72-3)13-9-37)24-25-63(50)41-30-56(31-41)19-22-62(23-20-56)40-11-15-47(53(28-40)73-43-27-39-18-21-57-54(39)59-33-43)55(67)60-74(70,71)44-14-16-48(49(29-44)64(68)69)58-32-38-10-17-51(65)52(66)26-38/h4-9,11-16,18,21,27-29,33,36,38,41,50-52,58,65-66H,10,17,19-20,22-26,30-32,34-35H2,1-3H3,(H,57,59)(H,60,67)/t38?,50-,51?,52?/m0/s1. The molecule has 2 aromatic heterocycles. The lowest BCUT2D eigenvalue weighted by Gasteiger charge is -2.58. The Kier molecular flexibility index (Phi) is 14.7. The molecule has 5 N–H and O–H groups in total. The van der Waals surface area contributed by atoms with Crippen LogP contribution in [-0.4, -0.2) is 114 Å². The summed E-state index contributed by atoms with van der Waals surface area (Å²) in [6.07, 6.45) is 7.23. The molecule has 2 aliphatic carbocycles. The zero-order chi connectivity index (χ0) is 51.7. The molecule has 0 bridgehead atoms. The van der Waals surface area contributed by atoms with Crippen molar-refractivity contribution in [1.82, 2.24) is 24.5 Å². The predicted octanol–water partition coefficient (Wildman–Crippen LogP) is 8.76. The number of fused-ring (bicyclic) bond motifs is 1. The number of piperazine rings is 1. The lowest BCUT2D eigenvalue weighted by molar-refractivity contribution is -0.384. The number of hydrogen-bond donors (Lipinski definition) is 5. The highest BCUT2D eigenvalue weighted by molar-refractivity contribution is 7.90. The van der Waals surface area contributed by atoms with Crippen molar-refractivity contribution in [2.24, 2.45) is 11.3 Å². The van der Waals surface area contributed by atoms with Crippen LogP contribution >= 0.6 is 0 Å². The average Bonchev–Trinajstić information content (AvgIpc) is 3.86. The summed E-state index contributed by atoms with van der Waals surface area (Å²) < 4.78 is 41.6. The molecule has 3 unspecified atom stereocenters. The van der Waals surface area contributed by atoms with Gasteiger partial charge in [0.25, 0.3) is 21.6 Å². The molecular weight excluding hydrogens is 961 g/mol. The number of ether oxygens (including phenoxy) is 2. The molecule has 4 aromatic carbocycles. The number of rotatable bonds is 16. The number of pyridine rings is 1. The number of hydrogen-bond acceptors (Lipinski definition) is 14. The van der Waals surface area contributed by atoms with Gasteiger partial charge in [0.05, 0.1) is 40.9 Å². The Morgan fingerprint density at radius 3 is 2.46 bits per heavy atom. The van der Waals surface area contributed by atoms with Crippen molar-refractivity contribution in [3.8, 4) is 17.2 Å². The zero-order valence-electron chi connectivity index (χ0n) is 42.2. The van der Waals surface area contributed by atoms with Crippen LogP contribution in [0.1, 0.15) is 97.8 Å². The van der Waals surface area contributed by atoms with Crippen molar-refractivity contribution >= 4 is 44.0 Å². The number of H-pyrrole nitrogens is 1. The van der Waals surface area contributed by atoms with Gasteiger partial charge in [-0.05, 0) is 127 Å². The number of aliphatic hydroxyl groups is 2. The molecule has 2 saturated heterocycles. The molecule has 390 valence electrons. The minimum absolute atomic E-state index is 0.0490. The van der Waals surface area contributed by atoms with Crippen LogP contribution in [0, 0.1) is 21.4 Å². The number of aromatic amines is 1. The molecule has 18 heteroatoms. The van der Waals surface area contributed by atoms with E-state index >= 15 is 0 Å². The van der Waals surface area contributed by atoms with Crippen LogP contribution in [0.5, 0.6) is 17.2 Å². The van der Waals surface area contributed by atoms with E-state index in [1.54, 1.807) is 31.5 Å². The number of benzene rings is 4. The van der Waals surface area contributed by atoms with Gasteiger partial charge in [0.1, 0.15) is 28.6 Å². The van der Waals surface area contributed by atoms with Gasteiger partial charge in [-0.3, -0.25) is 24.7 Å². The molecule has 2 saturated carbocycles. The number of carbonyl (C=O) groups is 1. The van der Waals surface area contributed by atoms with E-state index in [1.165, 1.54) is 35.0 Å². The number of sulfonamides is 1. The minimum Gasteiger partial charge on any atom is -0.497 e. The van der Waals surface area contributed by atoms with Gasteiger partial charge in [-0.15, -0.1) is 0 Å². The summed E-state index contributed by atoms with van der Waals surface area (Å²) in [6, 6.07) is 30.3. The topological polar surface area (TPSA) is 216 Å². The van der Waals surface area contributed by atoms with E-state index in [0.29, 0.717) is 42.6 Å². The fourth-order valence-corrected chi connectivity index (χ4v) is 12.8. The van der Waals surface area contributed by atoms with Crippen LogP contribution in [0.3, 0.4) is 0 Å². The average molecular weight is 1030 g/mol. The van der Waals surface area contributed by atoms with Gasteiger partial charge in [0, 0.05) is 87.3 Å². The molecule has 6 aromatic rings. The number of piperidine rings is 1. The SMILES string of the molecule is COc1ccc(CN2CCN(C3CC4(CCN(c5ccc(C(=O)NS(=O)(=O)c6ccc(NCC7CCC(O)C(O)C7)c([N+](=O)[O-])c6)c(Oc6cnc7[nH]ccc7c6)c5)CC4)C3)[C@H](c3ccccc3C(C)C)C2)cc1. The third-order valence-electron chi connectivity index (χ3n) is 16.0. The lowest BCUT2D eigenvalue weighted by atomic mass is 9.59. The van der Waals surface area contributed by atoms with E-state index in [9.17, 15) is 33.5 Å². The van der Waals surface area contributed by atoms with E-state index in [4.69, 9.17) is 9.47 Å². The number of aliphatic hydroxyl groups excluding tert-OH is 2. The summed E-state index contributed by atoms with van der Waals surface area (Å²) >= 11 is 0. The molecule has 0 radical (unpaired) electrons. The fraction of sp³-hybridized carbons (Fsp3) is 0.429. The third kappa shape index (κ3) is 11.0. The number of carbonyl (C=O) groups excluding carboxylic acids is 1. The highest BCUT2D eigenvalue weighted by atomic mass is 32.2. The van der Waals surface area contributed by atoms with Crippen molar-refractivity contribution in [1.29, 1.82) is 0 Å². The molecule has 10 rings (SSSR count). The molecule has 4 atom stereocenters. The van der Waals surface area contributed by atoms with Crippen LogP contribution in [0.4, 0.5) is 17.1 Å². The van der Waals surface area contributed by atoms with Gasteiger partial charge in [-0.25, -0.2) is 18.1 Å². The van der Waals surface area contributed by atoms with E-state index in [-0.39, 0.29) is 40.9 Å². The van der Waals surface area contributed by atoms with Crippen LogP contribution in [0.15, 0.2) is 114 Å². The first-order valence-electron chi connectivity index (χ1n) is 25.8. The molecule has 4 heterocycles. The second-order valence-corrected chi connectivity index (χ2v) is 22.8. The number of methoxy groups -OCH3 is 1.